The number of amides is 2. The lowest BCUT2D eigenvalue weighted by molar-refractivity contribution is -0.138. The molecule has 0 saturated carbocycles. The van der Waals surface area contributed by atoms with Crippen LogP contribution in [0.2, 0.25) is 0 Å². The van der Waals surface area contributed by atoms with E-state index in [0.717, 1.165) is 0 Å². The van der Waals surface area contributed by atoms with Crippen molar-refractivity contribution in [1.82, 2.24) is 19.8 Å². The maximum Gasteiger partial charge on any atom is 0.271 e. The summed E-state index contributed by atoms with van der Waals surface area (Å²) in [6.07, 6.45) is 1.79. The normalized spacial score (nSPS) is 20.5. The summed E-state index contributed by atoms with van der Waals surface area (Å²) >= 11 is 1.30. The van der Waals surface area contributed by atoms with Crippen molar-refractivity contribution < 1.29 is 9.59 Å². The number of hydrogen-bond donors (Lipinski definition) is 2. The Morgan fingerprint density at radius 2 is 2.29 bits per heavy atom. The lowest BCUT2D eigenvalue weighted by atomic mass is 10.1. The minimum absolute atomic E-state index is 0.150. The van der Waals surface area contributed by atoms with Crippen molar-refractivity contribution >= 4 is 33.4 Å². The highest BCUT2D eigenvalue weighted by atomic mass is 32.1. The number of nitrogens with two attached hydrogens (primary N) is 1. The standard InChI is InChI=1S/C15H19N5O3S/c1-2-17-14(22)11-5-9(16)6-20(11)12(21)7-19-8-18-10-3-4-24-13(10)15(19)23/h3-4,8-9,11H,2,5-7,16H2,1H3,(H,17,22)/t9-,11+/m1/s1. The molecule has 2 amide bonds. The summed E-state index contributed by atoms with van der Waals surface area (Å²) in [5.74, 6) is -0.517. The van der Waals surface area contributed by atoms with Crippen LogP contribution in [-0.2, 0) is 16.1 Å². The molecule has 3 heterocycles. The van der Waals surface area contributed by atoms with E-state index in [-0.39, 0.29) is 30.0 Å². The summed E-state index contributed by atoms with van der Waals surface area (Å²) in [4.78, 5) is 42.8. The maximum absolute atomic E-state index is 12.6. The zero-order valence-corrected chi connectivity index (χ0v) is 14.1. The molecule has 9 heteroatoms. The highest BCUT2D eigenvalue weighted by Crippen LogP contribution is 2.18. The van der Waals surface area contributed by atoms with Crippen LogP contribution in [-0.4, -0.2) is 51.4 Å². The van der Waals surface area contributed by atoms with Crippen LogP contribution in [0.3, 0.4) is 0 Å². The molecule has 128 valence electrons. The third-order valence-corrected chi connectivity index (χ3v) is 4.94. The fourth-order valence-corrected chi connectivity index (χ4v) is 3.71. The Hall–Kier alpha value is -2.26. The lowest BCUT2D eigenvalue weighted by Gasteiger charge is -2.23. The van der Waals surface area contributed by atoms with E-state index in [0.29, 0.717) is 29.7 Å². The largest absolute Gasteiger partial charge is 0.355 e. The topological polar surface area (TPSA) is 110 Å². The molecular weight excluding hydrogens is 330 g/mol. The van der Waals surface area contributed by atoms with E-state index in [4.69, 9.17) is 5.73 Å². The minimum atomic E-state index is -0.582. The molecule has 3 rings (SSSR count). The van der Waals surface area contributed by atoms with Crippen molar-refractivity contribution in [2.75, 3.05) is 13.1 Å². The van der Waals surface area contributed by atoms with Crippen molar-refractivity contribution in [3.8, 4) is 0 Å². The van der Waals surface area contributed by atoms with Gasteiger partial charge in [-0.3, -0.25) is 19.0 Å². The molecule has 24 heavy (non-hydrogen) atoms. The second-order valence-corrected chi connectivity index (χ2v) is 6.68. The van der Waals surface area contributed by atoms with Crippen molar-refractivity contribution in [3.05, 3.63) is 28.1 Å². The Bertz CT molecular complexity index is 830. The minimum Gasteiger partial charge on any atom is -0.355 e. The average Bonchev–Trinajstić information content (AvgIpc) is 3.17. The second-order valence-electron chi connectivity index (χ2n) is 5.76. The molecule has 1 aliphatic rings. The number of nitrogens with zero attached hydrogens (tertiary/aromatic N) is 3. The van der Waals surface area contributed by atoms with E-state index in [1.165, 1.54) is 27.1 Å². The molecule has 2 aromatic rings. The van der Waals surface area contributed by atoms with Gasteiger partial charge in [-0.05, 0) is 24.8 Å². The molecule has 0 radical (unpaired) electrons. The number of thiophene rings is 1. The third kappa shape index (κ3) is 3.04. The lowest BCUT2D eigenvalue weighted by Crippen LogP contribution is -2.47. The van der Waals surface area contributed by atoms with Crippen LogP contribution in [0.4, 0.5) is 0 Å². The number of nitrogens with one attached hydrogen (secondary N) is 1. The molecule has 0 aliphatic carbocycles. The molecule has 0 bridgehead atoms. The summed E-state index contributed by atoms with van der Waals surface area (Å²) in [6, 6.07) is 0.941. The van der Waals surface area contributed by atoms with Crippen molar-refractivity contribution in [1.29, 1.82) is 0 Å². The number of likely N-dealkylation sites (N-methyl/N-ethyl adjacent to an activating group) is 1. The molecule has 8 nitrogen and oxygen atoms in total. The first-order valence-corrected chi connectivity index (χ1v) is 8.64. The maximum atomic E-state index is 12.6. The molecule has 0 spiro atoms. The summed E-state index contributed by atoms with van der Waals surface area (Å²) in [6.45, 7) is 2.47. The first-order valence-electron chi connectivity index (χ1n) is 7.76. The van der Waals surface area contributed by atoms with Gasteiger partial charge < -0.3 is 16.0 Å². The summed E-state index contributed by atoms with van der Waals surface area (Å²) in [5, 5.41) is 4.51. The predicted octanol–water partition coefficient (Wildman–Crippen LogP) is -0.478. The van der Waals surface area contributed by atoms with E-state index in [1.807, 2.05) is 6.92 Å². The molecule has 1 aliphatic heterocycles. The van der Waals surface area contributed by atoms with Gasteiger partial charge in [0.15, 0.2) is 0 Å². The van der Waals surface area contributed by atoms with E-state index in [9.17, 15) is 14.4 Å². The Labute approximate surface area is 142 Å². The molecular formula is C15H19N5O3S. The van der Waals surface area contributed by atoms with Gasteiger partial charge in [0.1, 0.15) is 17.3 Å². The van der Waals surface area contributed by atoms with Gasteiger partial charge in [-0.2, -0.15) is 0 Å². The van der Waals surface area contributed by atoms with Crippen molar-refractivity contribution in [3.63, 3.8) is 0 Å². The van der Waals surface area contributed by atoms with Gasteiger partial charge in [-0.25, -0.2) is 4.98 Å². The van der Waals surface area contributed by atoms with Gasteiger partial charge in [0.2, 0.25) is 11.8 Å². The number of aromatic nitrogens is 2. The quantitative estimate of drug-likeness (QED) is 0.775. The fourth-order valence-electron chi connectivity index (χ4n) is 2.91. The monoisotopic (exact) mass is 349 g/mol. The molecule has 2 aromatic heterocycles. The fraction of sp³-hybridized carbons (Fsp3) is 0.467. The smallest absolute Gasteiger partial charge is 0.271 e. The molecule has 2 atom stereocenters. The van der Waals surface area contributed by atoms with Gasteiger partial charge in [0.25, 0.3) is 5.56 Å². The van der Waals surface area contributed by atoms with Gasteiger partial charge in [0, 0.05) is 19.1 Å². The zero-order chi connectivity index (χ0) is 17.3. The van der Waals surface area contributed by atoms with Crippen LogP contribution >= 0.6 is 11.3 Å². The first kappa shape index (κ1) is 16.6. The highest BCUT2D eigenvalue weighted by Gasteiger charge is 2.37. The van der Waals surface area contributed by atoms with Crippen LogP contribution in [0.15, 0.2) is 22.6 Å². The van der Waals surface area contributed by atoms with E-state index >= 15 is 0 Å². The summed E-state index contributed by atoms with van der Waals surface area (Å²) < 4.78 is 1.79. The number of hydrogen-bond acceptors (Lipinski definition) is 6. The van der Waals surface area contributed by atoms with Gasteiger partial charge in [0.05, 0.1) is 11.8 Å². The Morgan fingerprint density at radius 1 is 1.50 bits per heavy atom. The Kier molecular flexibility index (Phi) is 4.63. The third-order valence-electron chi connectivity index (χ3n) is 4.05. The Balaban J connectivity index is 1.81. The van der Waals surface area contributed by atoms with Gasteiger partial charge >= 0.3 is 0 Å². The summed E-state index contributed by atoms with van der Waals surface area (Å²) in [5.41, 5.74) is 6.29. The van der Waals surface area contributed by atoms with Crippen LogP contribution in [0.25, 0.3) is 10.2 Å². The SMILES string of the molecule is CCNC(=O)[C@@H]1C[C@@H](N)CN1C(=O)Cn1cnc2ccsc2c1=O. The van der Waals surface area contributed by atoms with Crippen molar-refractivity contribution in [2.45, 2.75) is 32.0 Å². The van der Waals surface area contributed by atoms with Crippen LogP contribution in [0.5, 0.6) is 0 Å². The number of carbonyl (C=O) groups excluding carboxylic acids is 2. The molecule has 3 N–H and O–H groups in total. The van der Waals surface area contributed by atoms with Gasteiger partial charge in [-0.15, -0.1) is 11.3 Å². The zero-order valence-electron chi connectivity index (χ0n) is 13.3. The molecule has 1 fully saturated rings. The van der Waals surface area contributed by atoms with E-state index < -0.39 is 6.04 Å². The van der Waals surface area contributed by atoms with Crippen LogP contribution < -0.4 is 16.6 Å². The number of carbonyl (C=O) groups is 2. The highest BCUT2D eigenvalue weighted by molar-refractivity contribution is 7.17. The van der Waals surface area contributed by atoms with E-state index in [2.05, 4.69) is 10.3 Å². The van der Waals surface area contributed by atoms with Crippen molar-refractivity contribution in [2.24, 2.45) is 5.73 Å². The Morgan fingerprint density at radius 3 is 3.04 bits per heavy atom. The molecule has 0 aromatic carbocycles. The molecule has 0 unspecified atom stereocenters. The average molecular weight is 349 g/mol. The number of likely N-dealkylation sites (tertiary alicyclic amines) is 1. The molecule has 1 saturated heterocycles. The number of rotatable bonds is 4. The first-order chi connectivity index (χ1) is 11.5. The van der Waals surface area contributed by atoms with E-state index in [1.54, 1.807) is 11.4 Å². The van der Waals surface area contributed by atoms with Gasteiger partial charge in [-0.1, -0.05) is 0 Å². The van der Waals surface area contributed by atoms with Crippen LogP contribution in [0, 0.1) is 0 Å². The summed E-state index contributed by atoms with van der Waals surface area (Å²) in [7, 11) is 0. The predicted molar refractivity (Wildman–Crippen MR) is 90.7 cm³/mol. The number of fused-ring (bicyclic) bond motifs is 1. The second kappa shape index (κ2) is 6.70. The van der Waals surface area contributed by atoms with Crippen LogP contribution in [0.1, 0.15) is 13.3 Å².